The lowest BCUT2D eigenvalue weighted by molar-refractivity contribution is 0.522. The van der Waals surface area contributed by atoms with Crippen LogP contribution in [0.4, 0.5) is 0 Å². The highest BCUT2D eigenvalue weighted by molar-refractivity contribution is 6.85. The Bertz CT molecular complexity index is 157. The quantitative estimate of drug-likeness (QED) is 0.642. The molecule has 0 atom stereocenters. The Hall–Kier alpha value is 0.314. The van der Waals surface area contributed by atoms with Gasteiger partial charge in [0.2, 0.25) is 0 Å². The van der Waals surface area contributed by atoms with E-state index < -0.39 is 16.6 Å². The third-order valence-electron chi connectivity index (χ3n) is 2.15. The summed E-state index contributed by atoms with van der Waals surface area (Å²) in [5.74, 6) is 0. The van der Waals surface area contributed by atoms with Crippen LogP contribution >= 0.6 is 0 Å². The number of hydrogen-bond acceptors (Lipinski definition) is 3. The Kier molecular flexibility index (Phi) is 6.94. The van der Waals surface area contributed by atoms with Crippen LogP contribution in [0, 0.1) is 0 Å². The molecule has 0 spiro atoms. The van der Waals surface area contributed by atoms with Gasteiger partial charge in [0.15, 0.2) is 16.6 Å². The monoisotopic (exact) mass is 248 g/mol. The molecule has 0 aromatic heterocycles. The van der Waals surface area contributed by atoms with Crippen molar-refractivity contribution in [3.8, 4) is 0 Å². The molecule has 0 aliphatic rings. The second-order valence-electron chi connectivity index (χ2n) is 5.18. The molecule has 0 unspecified atom stereocenters. The Labute approximate surface area is 97.2 Å². The predicted octanol–water partition coefficient (Wildman–Crippen LogP) is 1.71. The fourth-order valence-corrected chi connectivity index (χ4v) is 9.94. The highest BCUT2D eigenvalue weighted by Crippen LogP contribution is 2.12. The first-order valence-electron chi connectivity index (χ1n) is 5.94. The zero-order chi connectivity index (χ0) is 11.9. The second kappa shape index (κ2) is 6.80. The standard InChI is InChI=1S/C10H28N2OSi2/c1-7-11-9-14(3,4)13-15(5,6)10-12-8-2/h11-12H,7-10H2,1-6H3. The van der Waals surface area contributed by atoms with Crippen molar-refractivity contribution >= 4 is 16.6 Å². The minimum atomic E-state index is -1.50. The molecule has 2 N–H and O–H groups in total. The summed E-state index contributed by atoms with van der Waals surface area (Å²) in [5, 5.41) is 6.81. The van der Waals surface area contributed by atoms with Gasteiger partial charge >= 0.3 is 0 Å². The van der Waals surface area contributed by atoms with Gasteiger partial charge in [0.05, 0.1) is 0 Å². The maximum Gasteiger partial charge on any atom is 0.187 e. The van der Waals surface area contributed by atoms with Crippen molar-refractivity contribution in [1.29, 1.82) is 0 Å². The summed E-state index contributed by atoms with van der Waals surface area (Å²) in [6, 6.07) is 0. The fraction of sp³-hybridized carbons (Fsp3) is 1.00. The van der Waals surface area contributed by atoms with Crippen LogP contribution in [-0.4, -0.2) is 42.1 Å². The number of rotatable bonds is 8. The predicted molar refractivity (Wildman–Crippen MR) is 73.1 cm³/mol. The molecule has 15 heavy (non-hydrogen) atoms. The number of nitrogens with one attached hydrogen (secondary N) is 2. The Morgan fingerprint density at radius 1 is 0.800 bits per heavy atom. The lowest BCUT2D eigenvalue weighted by Gasteiger charge is -2.34. The van der Waals surface area contributed by atoms with Gasteiger partial charge in [-0.1, -0.05) is 13.8 Å². The fourth-order valence-electron chi connectivity index (χ4n) is 1.67. The van der Waals surface area contributed by atoms with Gasteiger partial charge < -0.3 is 14.7 Å². The van der Waals surface area contributed by atoms with Gasteiger partial charge in [-0.3, -0.25) is 0 Å². The van der Waals surface area contributed by atoms with E-state index >= 15 is 0 Å². The van der Waals surface area contributed by atoms with Crippen molar-refractivity contribution < 1.29 is 4.12 Å². The average molecular weight is 249 g/mol. The van der Waals surface area contributed by atoms with E-state index in [1.165, 1.54) is 0 Å². The van der Waals surface area contributed by atoms with E-state index in [9.17, 15) is 0 Å². The van der Waals surface area contributed by atoms with Crippen LogP contribution in [0.3, 0.4) is 0 Å². The van der Waals surface area contributed by atoms with E-state index in [4.69, 9.17) is 4.12 Å². The number of hydrogen-bond donors (Lipinski definition) is 2. The van der Waals surface area contributed by atoms with Gasteiger partial charge in [-0.05, 0) is 39.3 Å². The molecule has 0 fully saturated rings. The summed E-state index contributed by atoms with van der Waals surface area (Å²) >= 11 is 0. The van der Waals surface area contributed by atoms with Crippen molar-refractivity contribution in [2.24, 2.45) is 0 Å². The minimum absolute atomic E-state index is 1.04. The molecule has 0 aromatic carbocycles. The third kappa shape index (κ3) is 8.16. The summed E-state index contributed by atoms with van der Waals surface area (Å²) in [7, 11) is -3.00. The molecule has 0 saturated carbocycles. The van der Waals surface area contributed by atoms with Crippen molar-refractivity contribution in [3.05, 3.63) is 0 Å². The van der Waals surface area contributed by atoms with E-state index in [0.29, 0.717) is 0 Å². The molecule has 0 heterocycles. The smallest absolute Gasteiger partial charge is 0.187 e. The molecule has 0 saturated heterocycles. The Morgan fingerprint density at radius 2 is 1.13 bits per heavy atom. The molecule has 92 valence electrons. The van der Waals surface area contributed by atoms with E-state index in [2.05, 4.69) is 50.7 Å². The topological polar surface area (TPSA) is 33.3 Å². The molecule has 0 aromatic rings. The molecular weight excluding hydrogens is 220 g/mol. The van der Waals surface area contributed by atoms with Gasteiger partial charge in [0.25, 0.3) is 0 Å². The second-order valence-corrected chi connectivity index (χ2v) is 13.7. The van der Waals surface area contributed by atoms with Crippen molar-refractivity contribution in [2.75, 3.05) is 25.4 Å². The summed E-state index contributed by atoms with van der Waals surface area (Å²) in [6.07, 6.45) is 2.12. The van der Waals surface area contributed by atoms with Gasteiger partial charge in [-0.25, -0.2) is 0 Å². The first-order chi connectivity index (χ1) is 6.83. The molecule has 0 bridgehead atoms. The maximum absolute atomic E-state index is 6.38. The van der Waals surface area contributed by atoms with Crippen molar-refractivity contribution in [3.63, 3.8) is 0 Å². The highest BCUT2D eigenvalue weighted by atomic mass is 28.4. The summed E-state index contributed by atoms with van der Waals surface area (Å²) in [5.41, 5.74) is 0. The van der Waals surface area contributed by atoms with Gasteiger partial charge in [-0.2, -0.15) is 0 Å². The van der Waals surface area contributed by atoms with Crippen molar-refractivity contribution in [2.45, 2.75) is 40.0 Å². The summed E-state index contributed by atoms with van der Waals surface area (Å²) in [6.45, 7) is 15.6. The van der Waals surface area contributed by atoms with E-state index in [1.54, 1.807) is 0 Å². The van der Waals surface area contributed by atoms with E-state index in [-0.39, 0.29) is 0 Å². The zero-order valence-corrected chi connectivity index (χ0v) is 13.2. The first kappa shape index (κ1) is 15.3. The summed E-state index contributed by atoms with van der Waals surface area (Å²) < 4.78 is 6.38. The van der Waals surface area contributed by atoms with Crippen molar-refractivity contribution in [1.82, 2.24) is 10.6 Å². The molecule has 5 heteroatoms. The normalized spacial score (nSPS) is 13.2. The first-order valence-corrected chi connectivity index (χ1v) is 12.2. The van der Waals surface area contributed by atoms with Crippen LogP contribution in [0.25, 0.3) is 0 Å². The molecule has 0 amide bonds. The molecule has 0 aliphatic carbocycles. The molecule has 0 rings (SSSR count). The van der Waals surface area contributed by atoms with E-state index in [0.717, 1.165) is 25.4 Å². The molecule has 0 radical (unpaired) electrons. The molecule has 3 nitrogen and oxygen atoms in total. The maximum atomic E-state index is 6.38. The average Bonchev–Trinajstić information content (AvgIpc) is 2.10. The Morgan fingerprint density at radius 3 is 1.40 bits per heavy atom. The lowest BCUT2D eigenvalue weighted by Crippen LogP contribution is -2.54. The van der Waals surface area contributed by atoms with Crippen LogP contribution < -0.4 is 10.6 Å². The van der Waals surface area contributed by atoms with Crippen LogP contribution in [0.15, 0.2) is 0 Å². The van der Waals surface area contributed by atoms with Crippen LogP contribution in [0.5, 0.6) is 0 Å². The minimum Gasteiger partial charge on any atom is -0.454 e. The molecular formula is C10H28N2OSi2. The van der Waals surface area contributed by atoms with Crippen LogP contribution in [-0.2, 0) is 4.12 Å². The SMILES string of the molecule is CCNC[Si](C)(C)O[Si](C)(C)CNCC. The molecule has 0 aliphatic heterocycles. The third-order valence-corrected chi connectivity index (χ3v) is 8.78. The zero-order valence-electron chi connectivity index (χ0n) is 11.2. The highest BCUT2D eigenvalue weighted by Gasteiger charge is 2.32. The van der Waals surface area contributed by atoms with E-state index in [1.807, 2.05) is 0 Å². The largest absolute Gasteiger partial charge is 0.454 e. The van der Waals surface area contributed by atoms with Crippen LogP contribution in [0.1, 0.15) is 13.8 Å². The summed E-state index contributed by atoms with van der Waals surface area (Å²) in [4.78, 5) is 0. The lowest BCUT2D eigenvalue weighted by atomic mass is 10.8. The van der Waals surface area contributed by atoms with Gasteiger partial charge in [0, 0.05) is 12.3 Å². The Balaban J connectivity index is 4.04. The van der Waals surface area contributed by atoms with Gasteiger partial charge in [0.1, 0.15) is 0 Å². The van der Waals surface area contributed by atoms with Crippen LogP contribution in [0.2, 0.25) is 26.2 Å². The van der Waals surface area contributed by atoms with Gasteiger partial charge in [-0.15, -0.1) is 0 Å².